The van der Waals surface area contributed by atoms with Gasteiger partial charge in [-0.2, -0.15) is 0 Å². The van der Waals surface area contributed by atoms with Crippen LogP contribution in [0.2, 0.25) is 0 Å². The molecule has 154 valence electrons. The highest BCUT2D eigenvalue weighted by molar-refractivity contribution is 5.96. The van der Waals surface area contributed by atoms with Gasteiger partial charge >= 0.3 is 5.97 Å². The molecule has 0 radical (unpaired) electrons. The van der Waals surface area contributed by atoms with Gasteiger partial charge in [0.25, 0.3) is 11.6 Å². The summed E-state index contributed by atoms with van der Waals surface area (Å²) in [5, 5.41) is 13.3. The number of rotatable bonds is 10. The minimum absolute atomic E-state index is 0.0183. The van der Waals surface area contributed by atoms with Gasteiger partial charge in [-0.25, -0.2) is 4.79 Å². The molecule has 0 saturated carbocycles. The minimum atomic E-state index is -0.924. The summed E-state index contributed by atoms with van der Waals surface area (Å²) in [5.41, 5.74) is 5.17. The van der Waals surface area contributed by atoms with E-state index in [0.717, 1.165) is 11.8 Å². The summed E-state index contributed by atoms with van der Waals surface area (Å²) in [4.78, 5) is 33.9. The van der Waals surface area contributed by atoms with Crippen molar-refractivity contribution in [3.05, 3.63) is 58.1 Å². The Morgan fingerprint density at radius 1 is 1.10 bits per heavy atom. The number of nitrogens with zero attached hydrogens (tertiary/aromatic N) is 1. The number of hydrogen-bond donors (Lipinski definition) is 2. The lowest BCUT2D eigenvalue weighted by Gasteiger charge is -2.09. The van der Waals surface area contributed by atoms with Crippen LogP contribution < -0.4 is 20.5 Å². The van der Waals surface area contributed by atoms with Gasteiger partial charge in [0, 0.05) is 17.8 Å². The molecular formula is C19H21N3O7. The zero-order chi connectivity index (χ0) is 21.2. The number of amides is 1. The third kappa shape index (κ3) is 6.69. The molecule has 0 unspecified atom stereocenters. The fourth-order valence-corrected chi connectivity index (χ4v) is 2.25. The second kappa shape index (κ2) is 10.5. The maximum atomic E-state index is 12.0. The van der Waals surface area contributed by atoms with E-state index in [9.17, 15) is 19.7 Å². The van der Waals surface area contributed by atoms with E-state index in [1.54, 1.807) is 24.3 Å². The number of carbonyl (C=O) groups excluding carboxylic acids is 2. The van der Waals surface area contributed by atoms with Crippen molar-refractivity contribution in [3.8, 4) is 11.5 Å². The van der Waals surface area contributed by atoms with Gasteiger partial charge in [-0.3, -0.25) is 14.9 Å². The first kappa shape index (κ1) is 21.5. The molecule has 0 atom stereocenters. The Kier molecular flexibility index (Phi) is 7.78. The summed E-state index contributed by atoms with van der Waals surface area (Å²) < 4.78 is 15.7. The second-order valence-corrected chi connectivity index (χ2v) is 5.71. The Labute approximate surface area is 166 Å². The average Bonchev–Trinajstić information content (AvgIpc) is 2.71. The molecule has 2 rings (SSSR count). The quantitative estimate of drug-likeness (QED) is 0.201. The van der Waals surface area contributed by atoms with E-state index in [4.69, 9.17) is 19.9 Å². The number of anilines is 1. The molecule has 0 aliphatic rings. The molecule has 10 heteroatoms. The van der Waals surface area contributed by atoms with Crippen LogP contribution in [0.1, 0.15) is 17.3 Å². The number of hydrogen-bond acceptors (Lipinski definition) is 8. The summed E-state index contributed by atoms with van der Waals surface area (Å²) in [7, 11) is 0. The molecule has 29 heavy (non-hydrogen) atoms. The van der Waals surface area contributed by atoms with Gasteiger partial charge in [-0.15, -0.1) is 0 Å². The van der Waals surface area contributed by atoms with Crippen LogP contribution in [-0.2, 0) is 9.53 Å². The van der Waals surface area contributed by atoms with Gasteiger partial charge in [0.1, 0.15) is 18.1 Å². The van der Waals surface area contributed by atoms with Gasteiger partial charge in [-0.1, -0.05) is 0 Å². The van der Waals surface area contributed by atoms with Crippen LogP contribution in [0.25, 0.3) is 0 Å². The van der Waals surface area contributed by atoms with E-state index in [-0.39, 0.29) is 30.1 Å². The van der Waals surface area contributed by atoms with E-state index in [1.165, 1.54) is 12.1 Å². The topological polar surface area (TPSA) is 143 Å². The molecule has 2 aromatic rings. The van der Waals surface area contributed by atoms with Crippen molar-refractivity contribution < 1.29 is 28.7 Å². The zero-order valence-corrected chi connectivity index (χ0v) is 15.8. The van der Waals surface area contributed by atoms with Crippen molar-refractivity contribution in [2.45, 2.75) is 6.92 Å². The number of nitro benzene ring substituents is 1. The van der Waals surface area contributed by atoms with Crippen molar-refractivity contribution in [1.82, 2.24) is 5.32 Å². The number of nitro groups is 1. The van der Waals surface area contributed by atoms with Crippen LogP contribution in [0.4, 0.5) is 11.4 Å². The van der Waals surface area contributed by atoms with Crippen LogP contribution >= 0.6 is 0 Å². The molecule has 0 spiro atoms. The number of ether oxygens (including phenoxy) is 3. The fraction of sp³-hybridized carbons (Fsp3) is 0.263. The van der Waals surface area contributed by atoms with Crippen molar-refractivity contribution in [1.29, 1.82) is 0 Å². The molecule has 0 aromatic heterocycles. The number of carbonyl (C=O) groups is 2. The largest absolute Gasteiger partial charge is 0.494 e. The molecule has 0 fully saturated rings. The lowest BCUT2D eigenvalue weighted by atomic mass is 10.1. The van der Waals surface area contributed by atoms with Gasteiger partial charge in [0.05, 0.1) is 23.6 Å². The Balaban J connectivity index is 1.72. The van der Waals surface area contributed by atoms with Crippen molar-refractivity contribution in [3.63, 3.8) is 0 Å². The lowest BCUT2D eigenvalue weighted by molar-refractivity contribution is -0.384. The predicted molar refractivity (Wildman–Crippen MR) is 104 cm³/mol. The van der Waals surface area contributed by atoms with Crippen molar-refractivity contribution in [2.75, 3.05) is 32.1 Å². The highest BCUT2D eigenvalue weighted by Gasteiger charge is 2.17. The normalized spacial score (nSPS) is 10.1. The lowest BCUT2D eigenvalue weighted by Crippen LogP contribution is -2.32. The van der Waals surface area contributed by atoms with Crippen LogP contribution in [-0.4, -0.2) is 43.2 Å². The molecular weight excluding hydrogens is 382 g/mol. The maximum Gasteiger partial charge on any atom is 0.341 e. The molecule has 0 heterocycles. The first-order valence-corrected chi connectivity index (χ1v) is 8.74. The van der Waals surface area contributed by atoms with Gasteiger partial charge < -0.3 is 25.3 Å². The third-order valence-electron chi connectivity index (χ3n) is 3.63. The predicted octanol–water partition coefficient (Wildman–Crippen LogP) is 1.93. The first-order chi connectivity index (χ1) is 13.9. The fourth-order valence-electron chi connectivity index (χ4n) is 2.25. The second-order valence-electron chi connectivity index (χ2n) is 5.71. The smallest absolute Gasteiger partial charge is 0.341 e. The summed E-state index contributed by atoms with van der Waals surface area (Å²) in [6.07, 6.45) is 0. The van der Waals surface area contributed by atoms with Crippen LogP contribution in [0, 0.1) is 10.1 Å². The van der Waals surface area contributed by atoms with Crippen LogP contribution in [0.3, 0.4) is 0 Å². The SMILES string of the molecule is CCOc1ccc(OCCNC(=O)COC(=O)c2cc([N+](=O)[O-])ccc2N)cc1. The minimum Gasteiger partial charge on any atom is -0.494 e. The highest BCUT2D eigenvalue weighted by atomic mass is 16.6. The van der Waals surface area contributed by atoms with E-state index < -0.39 is 23.4 Å². The van der Waals surface area contributed by atoms with Crippen LogP contribution in [0.15, 0.2) is 42.5 Å². The van der Waals surface area contributed by atoms with E-state index in [0.29, 0.717) is 12.4 Å². The first-order valence-electron chi connectivity index (χ1n) is 8.74. The molecule has 10 nitrogen and oxygen atoms in total. The number of benzene rings is 2. The van der Waals surface area contributed by atoms with Crippen LogP contribution in [0.5, 0.6) is 11.5 Å². The summed E-state index contributed by atoms with van der Waals surface area (Å²) in [5.74, 6) is -0.112. The molecule has 0 aliphatic carbocycles. The highest BCUT2D eigenvalue weighted by Crippen LogP contribution is 2.20. The molecule has 0 bridgehead atoms. The monoisotopic (exact) mass is 403 g/mol. The number of esters is 1. The summed E-state index contributed by atoms with van der Waals surface area (Å²) >= 11 is 0. The zero-order valence-electron chi connectivity index (χ0n) is 15.8. The summed E-state index contributed by atoms with van der Waals surface area (Å²) in [6, 6.07) is 10.4. The maximum absolute atomic E-state index is 12.0. The Hall–Kier alpha value is -3.82. The van der Waals surface area contributed by atoms with E-state index in [2.05, 4.69) is 5.32 Å². The Morgan fingerprint density at radius 3 is 2.38 bits per heavy atom. The van der Waals surface area contributed by atoms with E-state index >= 15 is 0 Å². The Bertz CT molecular complexity index is 869. The van der Waals surface area contributed by atoms with Crippen molar-refractivity contribution >= 4 is 23.3 Å². The van der Waals surface area contributed by atoms with E-state index in [1.807, 2.05) is 6.92 Å². The molecule has 2 aromatic carbocycles. The molecule has 3 N–H and O–H groups in total. The number of nitrogen functional groups attached to an aromatic ring is 1. The van der Waals surface area contributed by atoms with Crippen molar-refractivity contribution in [2.24, 2.45) is 0 Å². The van der Waals surface area contributed by atoms with Gasteiger partial charge in [0.15, 0.2) is 6.61 Å². The molecule has 1 amide bonds. The number of nitrogens with two attached hydrogens (primary N) is 1. The standard InChI is InChI=1S/C19H21N3O7/c1-2-27-14-4-6-15(7-5-14)28-10-9-21-18(23)12-29-19(24)16-11-13(22(25)26)3-8-17(16)20/h3-8,11H,2,9-10,12,20H2,1H3,(H,21,23). The van der Waals surface area contributed by atoms with Gasteiger partial charge in [0.2, 0.25) is 0 Å². The molecule has 0 saturated heterocycles. The van der Waals surface area contributed by atoms with Gasteiger partial charge in [-0.05, 0) is 37.3 Å². The summed E-state index contributed by atoms with van der Waals surface area (Å²) in [6.45, 7) is 2.33. The molecule has 0 aliphatic heterocycles. The Morgan fingerprint density at radius 2 is 1.76 bits per heavy atom. The third-order valence-corrected chi connectivity index (χ3v) is 3.63. The number of non-ortho nitro benzene ring substituents is 1. The number of nitrogens with one attached hydrogen (secondary N) is 1. The average molecular weight is 403 g/mol.